The van der Waals surface area contributed by atoms with Crippen LogP contribution in [0.25, 0.3) is 0 Å². The second-order valence-electron chi connectivity index (χ2n) is 5.35. The predicted octanol–water partition coefficient (Wildman–Crippen LogP) is 0.0188. The average Bonchev–Trinajstić information content (AvgIpc) is 2.35. The van der Waals surface area contributed by atoms with Crippen molar-refractivity contribution in [1.29, 1.82) is 0 Å². The third-order valence-electron chi connectivity index (χ3n) is 3.55. The molecule has 6 heteroatoms. The molecule has 0 aliphatic rings. The van der Waals surface area contributed by atoms with Crippen LogP contribution in [-0.2, 0) is 14.3 Å². The normalized spacial score (nSPS) is 14.6. The molecular weight excluding hydrogens is 246 g/mol. The van der Waals surface area contributed by atoms with Crippen molar-refractivity contribution in [3.8, 4) is 0 Å². The van der Waals surface area contributed by atoms with Crippen LogP contribution in [-0.4, -0.2) is 44.2 Å². The lowest BCUT2D eigenvalue weighted by Gasteiger charge is -2.39. The van der Waals surface area contributed by atoms with Gasteiger partial charge in [-0.1, -0.05) is 0 Å². The van der Waals surface area contributed by atoms with Crippen LogP contribution >= 0.6 is 0 Å². The third kappa shape index (κ3) is 5.16. The highest BCUT2D eigenvalue weighted by Crippen LogP contribution is 2.28. The first-order chi connectivity index (χ1) is 8.69. The number of nitrogens with one attached hydrogen (secondary N) is 2. The maximum Gasteiger partial charge on any atom is 0.227 e. The first-order valence-electron chi connectivity index (χ1n) is 6.54. The zero-order valence-electron chi connectivity index (χ0n) is 12.6. The molecule has 4 N–H and O–H groups in total. The van der Waals surface area contributed by atoms with Gasteiger partial charge in [0.25, 0.3) is 0 Å². The van der Waals surface area contributed by atoms with Crippen LogP contribution < -0.4 is 16.4 Å². The fourth-order valence-electron chi connectivity index (χ4n) is 1.47. The highest BCUT2D eigenvalue weighted by Gasteiger charge is 2.43. The second kappa shape index (κ2) is 7.45. The van der Waals surface area contributed by atoms with Crippen molar-refractivity contribution in [2.45, 2.75) is 39.7 Å². The van der Waals surface area contributed by atoms with Crippen LogP contribution in [0.1, 0.15) is 34.1 Å². The summed E-state index contributed by atoms with van der Waals surface area (Å²) in [5.74, 6) is -0.279. The maximum atomic E-state index is 11.8. The number of nitrogens with two attached hydrogens (primary N) is 1. The smallest absolute Gasteiger partial charge is 0.227 e. The Morgan fingerprint density at radius 1 is 1.26 bits per heavy atom. The lowest BCUT2D eigenvalue weighted by molar-refractivity contribution is -0.133. The maximum absolute atomic E-state index is 11.8. The fourth-order valence-corrected chi connectivity index (χ4v) is 1.47. The van der Waals surface area contributed by atoms with Crippen molar-refractivity contribution in [2.75, 3.05) is 26.8 Å². The zero-order chi connectivity index (χ0) is 15.1. The molecule has 19 heavy (non-hydrogen) atoms. The van der Waals surface area contributed by atoms with E-state index in [1.807, 2.05) is 6.92 Å². The minimum Gasteiger partial charge on any atom is -0.381 e. The van der Waals surface area contributed by atoms with Gasteiger partial charge in [0.1, 0.15) is 0 Å². The number of hydrogen-bond donors (Lipinski definition) is 3. The van der Waals surface area contributed by atoms with E-state index in [0.717, 1.165) is 0 Å². The van der Waals surface area contributed by atoms with Crippen LogP contribution in [0.15, 0.2) is 0 Å². The molecule has 0 saturated carbocycles. The minimum atomic E-state index is -0.839. The van der Waals surface area contributed by atoms with Gasteiger partial charge in [-0.25, -0.2) is 0 Å². The molecule has 0 rings (SSSR count). The van der Waals surface area contributed by atoms with Gasteiger partial charge in [0.15, 0.2) is 0 Å². The SMILES string of the molecule is CCOCCC(=O)NCC(C)(N)C(C)(C)C(=O)NC. The number of amides is 2. The quantitative estimate of drug-likeness (QED) is 0.543. The molecule has 0 aromatic rings. The molecule has 112 valence electrons. The van der Waals surface area contributed by atoms with E-state index in [9.17, 15) is 9.59 Å². The summed E-state index contributed by atoms with van der Waals surface area (Å²) in [4.78, 5) is 23.4. The molecule has 0 aliphatic carbocycles. The van der Waals surface area contributed by atoms with E-state index in [4.69, 9.17) is 10.5 Å². The van der Waals surface area contributed by atoms with Crippen molar-refractivity contribution < 1.29 is 14.3 Å². The van der Waals surface area contributed by atoms with Crippen molar-refractivity contribution >= 4 is 11.8 Å². The van der Waals surface area contributed by atoms with Crippen LogP contribution in [0, 0.1) is 5.41 Å². The summed E-state index contributed by atoms with van der Waals surface area (Å²) in [6, 6.07) is 0. The van der Waals surface area contributed by atoms with Crippen LogP contribution in [0.5, 0.6) is 0 Å². The van der Waals surface area contributed by atoms with Gasteiger partial charge in [0, 0.05) is 32.2 Å². The lowest BCUT2D eigenvalue weighted by Crippen LogP contribution is -2.62. The molecule has 0 fully saturated rings. The first kappa shape index (κ1) is 17.9. The standard InChI is InChI=1S/C13H27N3O3/c1-6-19-8-7-10(17)16-9-13(4,14)12(2,3)11(18)15-5/h6-9,14H2,1-5H3,(H,15,18)(H,16,17). The molecule has 0 bridgehead atoms. The van der Waals surface area contributed by atoms with Crippen LogP contribution in [0.2, 0.25) is 0 Å². The Morgan fingerprint density at radius 2 is 1.84 bits per heavy atom. The van der Waals surface area contributed by atoms with E-state index >= 15 is 0 Å². The Morgan fingerprint density at radius 3 is 2.32 bits per heavy atom. The summed E-state index contributed by atoms with van der Waals surface area (Å²) >= 11 is 0. The Balaban J connectivity index is 4.37. The van der Waals surface area contributed by atoms with Gasteiger partial charge in [-0.3, -0.25) is 9.59 Å². The molecule has 0 heterocycles. The van der Waals surface area contributed by atoms with Crippen molar-refractivity contribution in [1.82, 2.24) is 10.6 Å². The molecule has 1 unspecified atom stereocenters. The van der Waals surface area contributed by atoms with E-state index in [1.165, 1.54) is 0 Å². The molecule has 0 radical (unpaired) electrons. The summed E-state index contributed by atoms with van der Waals surface area (Å²) in [5.41, 5.74) is 4.55. The predicted molar refractivity (Wildman–Crippen MR) is 74.6 cm³/mol. The number of ether oxygens (including phenoxy) is 1. The highest BCUT2D eigenvalue weighted by molar-refractivity contribution is 5.83. The Hall–Kier alpha value is -1.14. The molecule has 0 saturated heterocycles. The Labute approximate surface area is 115 Å². The number of carbonyl (C=O) groups is 2. The number of carbonyl (C=O) groups excluding carboxylic acids is 2. The average molecular weight is 273 g/mol. The number of hydrogen-bond acceptors (Lipinski definition) is 4. The first-order valence-corrected chi connectivity index (χ1v) is 6.54. The second-order valence-corrected chi connectivity index (χ2v) is 5.35. The van der Waals surface area contributed by atoms with Gasteiger partial charge in [0.2, 0.25) is 11.8 Å². The summed E-state index contributed by atoms with van der Waals surface area (Å²) in [7, 11) is 1.57. The molecule has 0 spiro atoms. The summed E-state index contributed by atoms with van der Waals surface area (Å²) in [6.07, 6.45) is 0.296. The molecule has 6 nitrogen and oxygen atoms in total. The summed E-state index contributed by atoms with van der Waals surface area (Å²) in [5, 5.41) is 5.33. The van der Waals surface area contributed by atoms with Crippen molar-refractivity contribution in [2.24, 2.45) is 11.1 Å². The van der Waals surface area contributed by atoms with Gasteiger partial charge >= 0.3 is 0 Å². The Bertz CT molecular complexity index is 314. The van der Waals surface area contributed by atoms with E-state index in [-0.39, 0.29) is 18.4 Å². The van der Waals surface area contributed by atoms with E-state index in [2.05, 4.69) is 10.6 Å². The van der Waals surface area contributed by atoms with E-state index in [1.54, 1.807) is 27.8 Å². The van der Waals surface area contributed by atoms with E-state index < -0.39 is 11.0 Å². The molecule has 2 amide bonds. The van der Waals surface area contributed by atoms with Gasteiger partial charge < -0.3 is 21.1 Å². The fraction of sp³-hybridized carbons (Fsp3) is 0.846. The van der Waals surface area contributed by atoms with E-state index in [0.29, 0.717) is 19.6 Å². The molecule has 0 aliphatic heterocycles. The van der Waals surface area contributed by atoms with Gasteiger partial charge in [-0.2, -0.15) is 0 Å². The largest absolute Gasteiger partial charge is 0.381 e. The topological polar surface area (TPSA) is 93.4 Å². The van der Waals surface area contributed by atoms with Gasteiger partial charge in [0.05, 0.1) is 12.0 Å². The zero-order valence-corrected chi connectivity index (χ0v) is 12.6. The van der Waals surface area contributed by atoms with Crippen LogP contribution in [0.4, 0.5) is 0 Å². The minimum absolute atomic E-state index is 0.127. The molecule has 1 atom stereocenters. The molecule has 0 aromatic heterocycles. The summed E-state index contributed by atoms with van der Waals surface area (Å²) < 4.78 is 5.10. The lowest BCUT2D eigenvalue weighted by atomic mass is 9.73. The van der Waals surface area contributed by atoms with Crippen LogP contribution in [0.3, 0.4) is 0 Å². The number of rotatable bonds is 8. The monoisotopic (exact) mass is 273 g/mol. The van der Waals surface area contributed by atoms with Crippen molar-refractivity contribution in [3.63, 3.8) is 0 Å². The summed E-state index contributed by atoms with van der Waals surface area (Å²) in [6.45, 7) is 8.37. The van der Waals surface area contributed by atoms with Crippen molar-refractivity contribution in [3.05, 3.63) is 0 Å². The third-order valence-corrected chi connectivity index (χ3v) is 3.55. The molecular formula is C13H27N3O3. The molecule has 0 aromatic carbocycles. The Kier molecular flexibility index (Phi) is 7.00. The van der Waals surface area contributed by atoms with Gasteiger partial charge in [-0.15, -0.1) is 0 Å². The van der Waals surface area contributed by atoms with Gasteiger partial charge in [-0.05, 0) is 27.7 Å². The highest BCUT2D eigenvalue weighted by atomic mass is 16.5.